The molecule has 1 N–H and O–H groups in total. The summed E-state index contributed by atoms with van der Waals surface area (Å²) in [5, 5.41) is 3.38. The standard InChI is InChI=1S/C15H14Br3NO2/c1-20-14-4-3-11(7-12(14)17)19-8-9-5-10(16)6-13(18)15(9)21-2/h3-7,19H,8H2,1-2H3. The van der Waals surface area contributed by atoms with Crippen molar-refractivity contribution in [2.24, 2.45) is 0 Å². The Bertz CT molecular complexity index is 647. The molecule has 0 radical (unpaired) electrons. The minimum absolute atomic E-state index is 0.653. The van der Waals surface area contributed by atoms with Gasteiger partial charge in [0.05, 0.1) is 23.2 Å². The van der Waals surface area contributed by atoms with E-state index in [2.05, 4.69) is 53.1 Å². The van der Waals surface area contributed by atoms with E-state index in [0.29, 0.717) is 6.54 Å². The van der Waals surface area contributed by atoms with Gasteiger partial charge in [-0.2, -0.15) is 0 Å². The van der Waals surface area contributed by atoms with Gasteiger partial charge in [-0.25, -0.2) is 0 Å². The summed E-state index contributed by atoms with van der Waals surface area (Å²) in [6, 6.07) is 9.88. The molecule has 0 spiro atoms. The Balaban J connectivity index is 2.18. The minimum Gasteiger partial charge on any atom is -0.496 e. The number of methoxy groups -OCH3 is 2. The lowest BCUT2D eigenvalue weighted by Crippen LogP contribution is -2.02. The van der Waals surface area contributed by atoms with E-state index in [0.717, 1.165) is 36.2 Å². The molecule has 3 nitrogen and oxygen atoms in total. The zero-order valence-electron chi connectivity index (χ0n) is 11.5. The average molecular weight is 480 g/mol. The van der Waals surface area contributed by atoms with Gasteiger partial charge in [0.25, 0.3) is 0 Å². The molecule has 2 aromatic carbocycles. The van der Waals surface area contributed by atoms with Crippen molar-refractivity contribution in [2.45, 2.75) is 6.54 Å². The van der Waals surface area contributed by atoms with Gasteiger partial charge in [-0.05, 0) is 62.2 Å². The van der Waals surface area contributed by atoms with E-state index >= 15 is 0 Å². The molecule has 0 aliphatic rings. The van der Waals surface area contributed by atoms with Gasteiger partial charge in [0.15, 0.2) is 0 Å². The maximum Gasteiger partial charge on any atom is 0.138 e. The quantitative estimate of drug-likeness (QED) is 0.605. The van der Waals surface area contributed by atoms with Gasteiger partial charge in [0, 0.05) is 22.3 Å². The van der Waals surface area contributed by atoms with Gasteiger partial charge in [-0.3, -0.25) is 0 Å². The van der Waals surface area contributed by atoms with Crippen LogP contribution in [0.4, 0.5) is 5.69 Å². The Kier molecular flexibility index (Phi) is 5.96. The summed E-state index contributed by atoms with van der Waals surface area (Å²) in [6.45, 7) is 0.653. The highest BCUT2D eigenvalue weighted by Crippen LogP contribution is 2.33. The van der Waals surface area contributed by atoms with Crippen molar-refractivity contribution in [3.8, 4) is 11.5 Å². The fraction of sp³-hybridized carbons (Fsp3) is 0.200. The molecule has 0 heterocycles. The van der Waals surface area contributed by atoms with Gasteiger partial charge in [-0.15, -0.1) is 0 Å². The summed E-state index contributed by atoms with van der Waals surface area (Å²) >= 11 is 10.5. The van der Waals surface area contributed by atoms with E-state index in [9.17, 15) is 0 Å². The van der Waals surface area contributed by atoms with Crippen molar-refractivity contribution in [2.75, 3.05) is 19.5 Å². The van der Waals surface area contributed by atoms with Crippen LogP contribution in [-0.4, -0.2) is 14.2 Å². The second-order valence-electron chi connectivity index (χ2n) is 4.28. The summed E-state index contributed by atoms with van der Waals surface area (Å²) in [7, 11) is 3.32. The van der Waals surface area contributed by atoms with Gasteiger partial charge < -0.3 is 14.8 Å². The third-order valence-corrected chi connectivity index (χ3v) is 4.59. The molecule has 0 saturated carbocycles. The van der Waals surface area contributed by atoms with E-state index in [-0.39, 0.29) is 0 Å². The number of hydrogen-bond donors (Lipinski definition) is 1. The summed E-state index contributed by atoms with van der Waals surface area (Å²) in [5.74, 6) is 1.64. The van der Waals surface area contributed by atoms with Crippen molar-refractivity contribution in [3.63, 3.8) is 0 Å². The molecule has 0 aliphatic heterocycles. The van der Waals surface area contributed by atoms with Crippen LogP contribution >= 0.6 is 47.8 Å². The Morgan fingerprint density at radius 1 is 0.952 bits per heavy atom. The van der Waals surface area contributed by atoms with Crippen molar-refractivity contribution < 1.29 is 9.47 Å². The summed E-state index contributed by atoms with van der Waals surface area (Å²) in [6.07, 6.45) is 0. The molecule has 2 aromatic rings. The van der Waals surface area contributed by atoms with E-state index in [1.807, 2.05) is 30.3 Å². The monoisotopic (exact) mass is 477 g/mol. The molecule has 0 amide bonds. The van der Waals surface area contributed by atoms with Crippen LogP contribution in [0.25, 0.3) is 0 Å². The highest BCUT2D eigenvalue weighted by molar-refractivity contribution is 9.11. The van der Waals surface area contributed by atoms with Crippen LogP contribution in [0.5, 0.6) is 11.5 Å². The van der Waals surface area contributed by atoms with Crippen molar-refractivity contribution in [1.82, 2.24) is 0 Å². The maximum atomic E-state index is 5.44. The molecule has 21 heavy (non-hydrogen) atoms. The molecule has 0 atom stereocenters. The third-order valence-electron chi connectivity index (χ3n) is 2.92. The molecule has 112 valence electrons. The largest absolute Gasteiger partial charge is 0.496 e. The van der Waals surface area contributed by atoms with Crippen LogP contribution in [0.2, 0.25) is 0 Å². The van der Waals surface area contributed by atoms with Crippen LogP contribution in [0, 0.1) is 0 Å². The highest BCUT2D eigenvalue weighted by atomic mass is 79.9. The second kappa shape index (κ2) is 7.51. The summed E-state index contributed by atoms with van der Waals surface area (Å²) in [4.78, 5) is 0. The highest BCUT2D eigenvalue weighted by Gasteiger charge is 2.09. The Hall–Kier alpha value is -0.720. The minimum atomic E-state index is 0.653. The SMILES string of the molecule is COc1ccc(NCc2cc(Br)cc(Br)c2OC)cc1Br. The maximum absolute atomic E-state index is 5.44. The molecule has 0 unspecified atom stereocenters. The number of rotatable bonds is 5. The number of hydrogen-bond acceptors (Lipinski definition) is 3. The molecule has 0 aromatic heterocycles. The first kappa shape index (κ1) is 16.6. The Morgan fingerprint density at radius 2 is 1.71 bits per heavy atom. The fourth-order valence-corrected chi connectivity index (χ4v) is 3.96. The van der Waals surface area contributed by atoms with Crippen LogP contribution in [0.1, 0.15) is 5.56 Å². The van der Waals surface area contributed by atoms with E-state index in [1.165, 1.54) is 0 Å². The van der Waals surface area contributed by atoms with E-state index < -0.39 is 0 Å². The summed E-state index contributed by atoms with van der Waals surface area (Å²) < 4.78 is 13.5. The fourth-order valence-electron chi connectivity index (χ4n) is 1.95. The van der Waals surface area contributed by atoms with Crippen LogP contribution in [0.15, 0.2) is 43.7 Å². The first-order chi connectivity index (χ1) is 10.0. The molecule has 2 rings (SSSR count). The molecular weight excluding hydrogens is 466 g/mol. The molecule has 0 saturated heterocycles. The van der Waals surface area contributed by atoms with Crippen LogP contribution in [0.3, 0.4) is 0 Å². The van der Waals surface area contributed by atoms with Gasteiger partial charge in [-0.1, -0.05) is 15.9 Å². The predicted octanol–water partition coefficient (Wildman–Crippen LogP) is 5.60. The normalized spacial score (nSPS) is 10.3. The molecule has 0 aliphatic carbocycles. The topological polar surface area (TPSA) is 30.5 Å². The van der Waals surface area contributed by atoms with E-state index in [4.69, 9.17) is 9.47 Å². The predicted molar refractivity (Wildman–Crippen MR) is 96.4 cm³/mol. The molecule has 0 bridgehead atoms. The van der Waals surface area contributed by atoms with Gasteiger partial charge >= 0.3 is 0 Å². The second-order valence-corrected chi connectivity index (χ2v) is 6.91. The zero-order chi connectivity index (χ0) is 15.4. The van der Waals surface area contributed by atoms with Crippen molar-refractivity contribution in [1.29, 1.82) is 0 Å². The average Bonchev–Trinajstić information content (AvgIpc) is 2.44. The third kappa shape index (κ3) is 4.14. The number of nitrogens with one attached hydrogen (secondary N) is 1. The van der Waals surface area contributed by atoms with Crippen molar-refractivity contribution >= 4 is 53.5 Å². The zero-order valence-corrected chi connectivity index (χ0v) is 16.3. The Morgan fingerprint density at radius 3 is 2.33 bits per heavy atom. The number of ether oxygens (including phenoxy) is 2. The number of anilines is 1. The van der Waals surface area contributed by atoms with E-state index in [1.54, 1.807) is 14.2 Å². The number of halogens is 3. The lowest BCUT2D eigenvalue weighted by atomic mass is 10.2. The number of benzene rings is 2. The molecule has 0 fully saturated rings. The first-order valence-electron chi connectivity index (χ1n) is 6.14. The Labute approximate surface area is 149 Å². The van der Waals surface area contributed by atoms with Gasteiger partial charge in [0.2, 0.25) is 0 Å². The lowest BCUT2D eigenvalue weighted by Gasteiger charge is -2.13. The lowest BCUT2D eigenvalue weighted by molar-refractivity contribution is 0.407. The van der Waals surface area contributed by atoms with Gasteiger partial charge in [0.1, 0.15) is 11.5 Å². The van der Waals surface area contributed by atoms with Crippen LogP contribution < -0.4 is 14.8 Å². The molecular formula is C15H14Br3NO2. The smallest absolute Gasteiger partial charge is 0.138 e. The first-order valence-corrected chi connectivity index (χ1v) is 8.52. The molecule has 6 heteroatoms. The van der Waals surface area contributed by atoms with Crippen LogP contribution in [-0.2, 0) is 6.54 Å². The van der Waals surface area contributed by atoms with Crippen molar-refractivity contribution in [3.05, 3.63) is 49.3 Å². The summed E-state index contributed by atoms with van der Waals surface area (Å²) in [5.41, 5.74) is 2.06.